The number of carbonyl (C=O) groups is 1. The van der Waals surface area contributed by atoms with Crippen molar-refractivity contribution in [1.82, 2.24) is 10.2 Å². The van der Waals surface area contributed by atoms with Gasteiger partial charge in [0.1, 0.15) is 4.90 Å². The zero-order chi connectivity index (χ0) is 14.8. The number of amides is 1. The lowest BCUT2D eigenvalue weighted by Gasteiger charge is -2.09. The number of anilines is 2. The zero-order valence-electron chi connectivity index (χ0n) is 10.1. The van der Waals surface area contributed by atoms with Crippen molar-refractivity contribution in [2.24, 2.45) is 5.73 Å². The van der Waals surface area contributed by atoms with E-state index in [-0.39, 0.29) is 22.0 Å². The van der Waals surface area contributed by atoms with Crippen LogP contribution in [0.2, 0.25) is 0 Å². The fraction of sp³-hybridized carbons (Fsp3) is 0. The largest absolute Gasteiger partial charge is 0.398 e. The summed E-state index contributed by atoms with van der Waals surface area (Å²) in [4.78, 5) is 10.8. The Hall–Kier alpha value is -2.68. The van der Waals surface area contributed by atoms with Gasteiger partial charge < -0.3 is 11.5 Å². The van der Waals surface area contributed by atoms with Gasteiger partial charge in [0.05, 0.1) is 5.69 Å². The van der Waals surface area contributed by atoms with Crippen molar-refractivity contribution >= 4 is 27.4 Å². The molecule has 104 valence electrons. The van der Waals surface area contributed by atoms with Crippen molar-refractivity contribution in [3.05, 3.63) is 42.1 Å². The summed E-state index contributed by atoms with van der Waals surface area (Å²) in [5.41, 5.74) is 10.8. The minimum atomic E-state index is -3.92. The molecule has 0 aliphatic rings. The smallest absolute Gasteiger partial charge is 0.265 e. The molecule has 0 aliphatic carbocycles. The first kappa shape index (κ1) is 13.7. The fourth-order valence-electron chi connectivity index (χ4n) is 1.50. The van der Waals surface area contributed by atoms with Crippen LogP contribution in [-0.4, -0.2) is 24.5 Å². The van der Waals surface area contributed by atoms with Gasteiger partial charge in [0, 0.05) is 11.8 Å². The average Bonchev–Trinajstić information content (AvgIpc) is 2.38. The highest BCUT2D eigenvalue weighted by molar-refractivity contribution is 7.92. The van der Waals surface area contributed by atoms with E-state index in [1.54, 1.807) is 0 Å². The Balaban J connectivity index is 2.37. The summed E-state index contributed by atoms with van der Waals surface area (Å²) in [5.74, 6) is -0.631. The third-order valence-electron chi connectivity index (χ3n) is 2.40. The molecular formula is C11H11N5O3S. The van der Waals surface area contributed by atoms with Crippen LogP contribution in [0.15, 0.2) is 41.4 Å². The summed E-state index contributed by atoms with van der Waals surface area (Å²) in [6.45, 7) is 0. The Bertz CT molecular complexity index is 746. The first-order valence-corrected chi connectivity index (χ1v) is 6.88. The maximum atomic E-state index is 12.1. The number of primary amides is 1. The standard InChI is InChI=1S/C11H11N5O3S/c12-8-6-7(11(13)17)3-4-9(8)20(18,19)16-10-2-1-5-14-15-10/h1-6H,12H2,(H2,13,17)(H,15,16). The lowest BCUT2D eigenvalue weighted by Crippen LogP contribution is -2.17. The molecule has 0 unspecified atom stereocenters. The second-order valence-electron chi connectivity index (χ2n) is 3.83. The Labute approximate surface area is 114 Å². The molecule has 5 N–H and O–H groups in total. The van der Waals surface area contributed by atoms with E-state index < -0.39 is 15.9 Å². The van der Waals surface area contributed by atoms with Crippen LogP contribution in [0.1, 0.15) is 10.4 Å². The Morgan fingerprint density at radius 1 is 1.25 bits per heavy atom. The van der Waals surface area contributed by atoms with Crippen molar-refractivity contribution in [2.45, 2.75) is 4.90 Å². The summed E-state index contributed by atoms with van der Waals surface area (Å²) in [6.07, 6.45) is 1.41. The van der Waals surface area contributed by atoms with Crippen LogP contribution >= 0.6 is 0 Å². The summed E-state index contributed by atoms with van der Waals surface area (Å²) in [6, 6.07) is 6.66. The lowest BCUT2D eigenvalue weighted by atomic mass is 10.2. The molecule has 1 amide bonds. The molecule has 0 radical (unpaired) electrons. The van der Waals surface area contributed by atoms with Crippen molar-refractivity contribution in [3.63, 3.8) is 0 Å². The van der Waals surface area contributed by atoms with Gasteiger partial charge in [0.25, 0.3) is 10.0 Å². The quantitative estimate of drug-likeness (QED) is 0.675. The molecule has 8 nitrogen and oxygen atoms in total. The molecule has 1 heterocycles. The summed E-state index contributed by atoms with van der Waals surface area (Å²) in [7, 11) is -3.92. The molecule has 1 aromatic heterocycles. The van der Waals surface area contributed by atoms with Gasteiger partial charge >= 0.3 is 0 Å². The lowest BCUT2D eigenvalue weighted by molar-refractivity contribution is 0.1000. The van der Waals surface area contributed by atoms with Crippen LogP contribution in [0.25, 0.3) is 0 Å². The number of nitrogens with zero attached hydrogens (tertiary/aromatic N) is 2. The minimum absolute atomic E-state index is 0.0610. The normalized spacial score (nSPS) is 11.0. The molecule has 1 aromatic carbocycles. The van der Waals surface area contributed by atoms with Gasteiger partial charge in [-0.05, 0) is 30.3 Å². The van der Waals surface area contributed by atoms with Gasteiger partial charge in [-0.15, -0.1) is 5.10 Å². The molecule has 9 heteroatoms. The molecule has 0 spiro atoms. The average molecular weight is 293 g/mol. The predicted molar refractivity (Wildman–Crippen MR) is 72.2 cm³/mol. The highest BCUT2D eigenvalue weighted by atomic mass is 32.2. The number of nitrogens with two attached hydrogens (primary N) is 2. The van der Waals surface area contributed by atoms with E-state index in [4.69, 9.17) is 11.5 Å². The molecular weight excluding hydrogens is 282 g/mol. The number of nitrogens with one attached hydrogen (secondary N) is 1. The minimum Gasteiger partial charge on any atom is -0.398 e. The molecule has 0 saturated carbocycles. The SMILES string of the molecule is NC(=O)c1ccc(S(=O)(=O)Nc2cccnn2)c(N)c1. The molecule has 20 heavy (non-hydrogen) atoms. The molecule has 2 aromatic rings. The highest BCUT2D eigenvalue weighted by Crippen LogP contribution is 2.21. The van der Waals surface area contributed by atoms with Crippen LogP contribution < -0.4 is 16.2 Å². The molecule has 2 rings (SSSR count). The van der Waals surface area contributed by atoms with E-state index in [0.717, 1.165) is 0 Å². The van der Waals surface area contributed by atoms with E-state index in [2.05, 4.69) is 14.9 Å². The number of rotatable bonds is 4. The van der Waals surface area contributed by atoms with Crippen molar-refractivity contribution < 1.29 is 13.2 Å². The maximum Gasteiger partial charge on any atom is 0.265 e. The monoisotopic (exact) mass is 293 g/mol. The Morgan fingerprint density at radius 2 is 2.00 bits per heavy atom. The second kappa shape index (κ2) is 5.13. The Kier molecular flexibility index (Phi) is 3.53. The van der Waals surface area contributed by atoms with Gasteiger partial charge in [0.15, 0.2) is 5.82 Å². The summed E-state index contributed by atoms with van der Waals surface area (Å²) < 4.78 is 26.5. The van der Waals surface area contributed by atoms with E-state index >= 15 is 0 Å². The van der Waals surface area contributed by atoms with E-state index in [1.807, 2.05) is 0 Å². The van der Waals surface area contributed by atoms with Crippen LogP contribution in [0.4, 0.5) is 11.5 Å². The molecule has 0 fully saturated rings. The Morgan fingerprint density at radius 3 is 2.55 bits per heavy atom. The predicted octanol–water partition coefficient (Wildman–Crippen LogP) is -0.0415. The topological polar surface area (TPSA) is 141 Å². The van der Waals surface area contributed by atoms with Crippen molar-refractivity contribution in [1.29, 1.82) is 0 Å². The summed E-state index contributed by atoms with van der Waals surface area (Å²) >= 11 is 0. The van der Waals surface area contributed by atoms with Gasteiger partial charge in [-0.2, -0.15) is 5.10 Å². The van der Waals surface area contributed by atoms with Gasteiger partial charge in [-0.3, -0.25) is 9.52 Å². The number of aromatic nitrogens is 2. The summed E-state index contributed by atoms with van der Waals surface area (Å²) in [5, 5.41) is 7.16. The van der Waals surface area contributed by atoms with Crippen LogP contribution in [0.3, 0.4) is 0 Å². The van der Waals surface area contributed by atoms with Crippen LogP contribution in [0.5, 0.6) is 0 Å². The maximum absolute atomic E-state index is 12.1. The third-order valence-corrected chi connectivity index (χ3v) is 3.82. The van der Waals surface area contributed by atoms with Crippen molar-refractivity contribution in [2.75, 3.05) is 10.5 Å². The van der Waals surface area contributed by atoms with Gasteiger partial charge in [-0.25, -0.2) is 8.42 Å². The first-order valence-electron chi connectivity index (χ1n) is 5.40. The van der Waals surface area contributed by atoms with E-state index in [9.17, 15) is 13.2 Å². The van der Waals surface area contributed by atoms with E-state index in [1.165, 1.54) is 36.5 Å². The van der Waals surface area contributed by atoms with Crippen LogP contribution in [-0.2, 0) is 10.0 Å². The molecule has 0 bridgehead atoms. The number of hydrogen-bond donors (Lipinski definition) is 3. The number of carbonyl (C=O) groups excluding carboxylic acids is 1. The van der Waals surface area contributed by atoms with Gasteiger partial charge in [0.2, 0.25) is 5.91 Å². The number of nitrogen functional groups attached to an aromatic ring is 1. The van der Waals surface area contributed by atoms with E-state index in [0.29, 0.717) is 0 Å². The molecule has 0 atom stereocenters. The van der Waals surface area contributed by atoms with Crippen LogP contribution in [0, 0.1) is 0 Å². The first-order chi connectivity index (χ1) is 9.40. The molecule has 0 saturated heterocycles. The van der Waals surface area contributed by atoms with Crippen molar-refractivity contribution in [3.8, 4) is 0 Å². The van der Waals surface area contributed by atoms with Gasteiger partial charge in [-0.1, -0.05) is 0 Å². The number of sulfonamides is 1. The number of benzene rings is 1. The second-order valence-corrected chi connectivity index (χ2v) is 5.48. The third kappa shape index (κ3) is 2.83. The fourth-order valence-corrected chi connectivity index (χ4v) is 2.61. The molecule has 0 aliphatic heterocycles. The number of hydrogen-bond acceptors (Lipinski definition) is 6. The zero-order valence-corrected chi connectivity index (χ0v) is 11.0. The highest BCUT2D eigenvalue weighted by Gasteiger charge is 2.19.